The second-order valence-corrected chi connectivity index (χ2v) is 7.69. The number of amides is 1. The SMILES string of the molecule is CC1CN(c2nnc(Cl)c3ccccc23)CCN1C(=O)OC(C)(C)C. The third-order valence-electron chi connectivity index (χ3n) is 4.18. The number of piperazine rings is 1. The van der Waals surface area contributed by atoms with Crippen LogP contribution in [0.4, 0.5) is 10.6 Å². The molecule has 0 spiro atoms. The number of ether oxygens (including phenoxy) is 1. The number of anilines is 1. The fourth-order valence-electron chi connectivity index (χ4n) is 3.03. The van der Waals surface area contributed by atoms with Crippen molar-refractivity contribution in [1.29, 1.82) is 0 Å². The lowest BCUT2D eigenvalue weighted by atomic mass is 10.1. The first-order valence-corrected chi connectivity index (χ1v) is 8.79. The Morgan fingerprint density at radius 2 is 1.88 bits per heavy atom. The highest BCUT2D eigenvalue weighted by atomic mass is 35.5. The first kappa shape index (κ1) is 17.7. The number of rotatable bonds is 1. The summed E-state index contributed by atoms with van der Waals surface area (Å²) in [7, 11) is 0. The van der Waals surface area contributed by atoms with E-state index in [2.05, 4.69) is 15.1 Å². The van der Waals surface area contributed by atoms with Gasteiger partial charge in [-0.1, -0.05) is 35.9 Å². The fourth-order valence-corrected chi connectivity index (χ4v) is 3.23. The van der Waals surface area contributed by atoms with E-state index in [0.717, 1.165) is 16.6 Å². The van der Waals surface area contributed by atoms with E-state index in [-0.39, 0.29) is 12.1 Å². The lowest BCUT2D eigenvalue weighted by molar-refractivity contribution is 0.0159. The monoisotopic (exact) mass is 362 g/mol. The quantitative estimate of drug-likeness (QED) is 0.773. The number of hydrogen-bond donors (Lipinski definition) is 0. The lowest BCUT2D eigenvalue weighted by Crippen LogP contribution is -2.55. The molecule has 1 aromatic carbocycles. The van der Waals surface area contributed by atoms with Gasteiger partial charge in [0.25, 0.3) is 0 Å². The van der Waals surface area contributed by atoms with Crippen molar-refractivity contribution < 1.29 is 9.53 Å². The minimum atomic E-state index is -0.494. The molecule has 1 aliphatic rings. The Hall–Kier alpha value is -2.08. The first-order chi connectivity index (χ1) is 11.8. The van der Waals surface area contributed by atoms with Crippen molar-refractivity contribution in [2.24, 2.45) is 0 Å². The maximum Gasteiger partial charge on any atom is 0.410 e. The largest absolute Gasteiger partial charge is 0.444 e. The van der Waals surface area contributed by atoms with Crippen LogP contribution in [0.25, 0.3) is 10.8 Å². The third kappa shape index (κ3) is 3.79. The summed E-state index contributed by atoms with van der Waals surface area (Å²) in [6.07, 6.45) is -0.272. The Morgan fingerprint density at radius 3 is 2.52 bits per heavy atom. The molecule has 2 aromatic rings. The molecule has 1 fully saturated rings. The Kier molecular flexibility index (Phi) is 4.73. The highest BCUT2D eigenvalue weighted by molar-refractivity contribution is 6.34. The summed E-state index contributed by atoms with van der Waals surface area (Å²) >= 11 is 6.16. The number of aromatic nitrogens is 2. The van der Waals surface area contributed by atoms with Crippen LogP contribution in [0, 0.1) is 0 Å². The van der Waals surface area contributed by atoms with Crippen LogP contribution >= 0.6 is 11.6 Å². The summed E-state index contributed by atoms with van der Waals surface area (Å²) in [5, 5.41) is 10.6. The van der Waals surface area contributed by atoms with Crippen molar-refractivity contribution in [2.45, 2.75) is 39.3 Å². The van der Waals surface area contributed by atoms with Crippen LogP contribution in [0.1, 0.15) is 27.7 Å². The normalized spacial score (nSPS) is 18.5. The van der Waals surface area contributed by atoms with Crippen molar-refractivity contribution in [2.75, 3.05) is 24.5 Å². The molecule has 0 aliphatic carbocycles. The Labute approximate surface area is 152 Å². The van der Waals surface area contributed by atoms with Gasteiger partial charge >= 0.3 is 6.09 Å². The molecule has 1 saturated heterocycles. The van der Waals surface area contributed by atoms with Gasteiger partial charge in [0.15, 0.2) is 11.0 Å². The van der Waals surface area contributed by atoms with Gasteiger partial charge in [0, 0.05) is 36.4 Å². The van der Waals surface area contributed by atoms with Gasteiger partial charge in [-0.15, -0.1) is 10.2 Å². The van der Waals surface area contributed by atoms with Gasteiger partial charge in [-0.05, 0) is 27.7 Å². The summed E-state index contributed by atoms with van der Waals surface area (Å²) in [6, 6.07) is 7.85. The Balaban J connectivity index is 1.80. The maximum absolute atomic E-state index is 12.4. The average Bonchev–Trinajstić information content (AvgIpc) is 2.53. The van der Waals surface area contributed by atoms with E-state index >= 15 is 0 Å². The van der Waals surface area contributed by atoms with Crippen molar-refractivity contribution in [3.05, 3.63) is 29.4 Å². The number of carbonyl (C=O) groups is 1. The number of benzene rings is 1. The predicted octanol–water partition coefficient (Wildman–Crippen LogP) is 3.73. The molecule has 0 radical (unpaired) electrons. The molecule has 25 heavy (non-hydrogen) atoms. The zero-order chi connectivity index (χ0) is 18.2. The minimum absolute atomic E-state index is 0.0137. The summed E-state index contributed by atoms with van der Waals surface area (Å²) in [5.74, 6) is 0.802. The lowest BCUT2D eigenvalue weighted by Gasteiger charge is -2.40. The Morgan fingerprint density at radius 1 is 1.20 bits per heavy atom. The summed E-state index contributed by atoms with van der Waals surface area (Å²) in [4.78, 5) is 16.3. The summed E-state index contributed by atoms with van der Waals surface area (Å²) in [5.41, 5.74) is -0.494. The molecule has 1 unspecified atom stereocenters. The molecule has 7 heteroatoms. The van der Waals surface area contributed by atoms with Gasteiger partial charge in [0.1, 0.15) is 5.60 Å². The van der Waals surface area contributed by atoms with Crippen LogP contribution in [0.3, 0.4) is 0 Å². The molecule has 2 heterocycles. The number of halogens is 1. The van der Waals surface area contributed by atoms with Gasteiger partial charge in [-0.3, -0.25) is 0 Å². The van der Waals surface area contributed by atoms with Gasteiger partial charge in [-0.25, -0.2) is 4.79 Å². The highest BCUT2D eigenvalue weighted by Crippen LogP contribution is 2.29. The van der Waals surface area contributed by atoms with Crippen LogP contribution in [-0.4, -0.2) is 52.5 Å². The van der Waals surface area contributed by atoms with E-state index in [1.807, 2.05) is 52.0 Å². The van der Waals surface area contributed by atoms with Crippen LogP contribution < -0.4 is 4.90 Å². The number of nitrogens with zero attached hydrogens (tertiary/aromatic N) is 4. The fraction of sp³-hybridized carbons (Fsp3) is 0.500. The van der Waals surface area contributed by atoms with Crippen LogP contribution in [0.15, 0.2) is 24.3 Å². The molecule has 0 saturated carbocycles. The number of carbonyl (C=O) groups excluding carboxylic acids is 1. The molecule has 1 atom stereocenters. The second-order valence-electron chi connectivity index (χ2n) is 7.33. The third-order valence-corrected chi connectivity index (χ3v) is 4.46. The molecule has 1 aliphatic heterocycles. The molecular formula is C18H23ClN4O2. The minimum Gasteiger partial charge on any atom is -0.444 e. The Bertz CT molecular complexity index is 790. The molecule has 1 amide bonds. The molecule has 1 aromatic heterocycles. The van der Waals surface area contributed by atoms with Gasteiger partial charge in [0.05, 0.1) is 0 Å². The van der Waals surface area contributed by atoms with E-state index in [0.29, 0.717) is 24.8 Å². The van der Waals surface area contributed by atoms with Crippen LogP contribution in [-0.2, 0) is 4.74 Å². The van der Waals surface area contributed by atoms with Crippen LogP contribution in [0.2, 0.25) is 5.15 Å². The molecule has 6 nitrogen and oxygen atoms in total. The van der Waals surface area contributed by atoms with E-state index in [4.69, 9.17) is 16.3 Å². The first-order valence-electron chi connectivity index (χ1n) is 8.42. The van der Waals surface area contributed by atoms with E-state index in [9.17, 15) is 4.79 Å². The van der Waals surface area contributed by atoms with Gasteiger partial charge in [0.2, 0.25) is 0 Å². The van der Waals surface area contributed by atoms with E-state index in [1.165, 1.54) is 0 Å². The van der Waals surface area contributed by atoms with Gasteiger partial charge in [-0.2, -0.15) is 0 Å². The number of fused-ring (bicyclic) bond motifs is 1. The molecule has 134 valence electrons. The molecule has 0 N–H and O–H groups in total. The standard InChI is InChI=1S/C18H23ClN4O2/c1-12-11-22(9-10-23(12)17(24)25-18(2,3)4)16-14-8-6-5-7-13(14)15(19)20-21-16/h5-8,12H,9-11H2,1-4H3. The second kappa shape index (κ2) is 6.67. The molecule has 3 rings (SSSR count). The van der Waals surface area contributed by atoms with Gasteiger partial charge < -0.3 is 14.5 Å². The van der Waals surface area contributed by atoms with Crippen molar-refractivity contribution in [3.63, 3.8) is 0 Å². The summed E-state index contributed by atoms with van der Waals surface area (Å²) in [6.45, 7) is 9.56. The topological polar surface area (TPSA) is 58.6 Å². The van der Waals surface area contributed by atoms with Crippen molar-refractivity contribution in [3.8, 4) is 0 Å². The summed E-state index contributed by atoms with van der Waals surface area (Å²) < 4.78 is 5.50. The number of hydrogen-bond acceptors (Lipinski definition) is 5. The smallest absolute Gasteiger partial charge is 0.410 e. The predicted molar refractivity (Wildman–Crippen MR) is 99.2 cm³/mol. The molecular weight excluding hydrogens is 340 g/mol. The molecule has 0 bridgehead atoms. The van der Waals surface area contributed by atoms with Crippen LogP contribution in [0.5, 0.6) is 0 Å². The average molecular weight is 363 g/mol. The van der Waals surface area contributed by atoms with E-state index < -0.39 is 5.60 Å². The van der Waals surface area contributed by atoms with Crippen molar-refractivity contribution >= 4 is 34.3 Å². The zero-order valence-corrected chi connectivity index (χ0v) is 15.7. The zero-order valence-electron chi connectivity index (χ0n) is 15.0. The maximum atomic E-state index is 12.4. The van der Waals surface area contributed by atoms with Crippen molar-refractivity contribution in [1.82, 2.24) is 15.1 Å². The highest BCUT2D eigenvalue weighted by Gasteiger charge is 2.32. The van der Waals surface area contributed by atoms with E-state index in [1.54, 1.807) is 4.90 Å².